The number of ether oxygens (including phenoxy) is 2. The zero-order chi connectivity index (χ0) is 9.80. The summed E-state index contributed by atoms with van der Waals surface area (Å²) in [5, 5.41) is 0.481. The standard InChI is InChI=1S/C11H14O2S/c1-14-10-7-12-11(13-8-10)9-5-3-2-4-6-9/h2-6,10-11H,7-8H2,1H3. The third-order valence-electron chi connectivity index (χ3n) is 2.27. The van der Waals surface area contributed by atoms with Gasteiger partial charge in [-0.05, 0) is 6.26 Å². The van der Waals surface area contributed by atoms with Crippen LogP contribution >= 0.6 is 11.8 Å². The molecule has 0 bridgehead atoms. The van der Waals surface area contributed by atoms with Crippen molar-refractivity contribution in [3.63, 3.8) is 0 Å². The summed E-state index contributed by atoms with van der Waals surface area (Å²) in [5.74, 6) is 0. The van der Waals surface area contributed by atoms with Gasteiger partial charge < -0.3 is 9.47 Å². The average Bonchev–Trinajstić information content (AvgIpc) is 2.30. The van der Waals surface area contributed by atoms with Crippen LogP contribution < -0.4 is 0 Å². The Morgan fingerprint density at radius 2 is 1.79 bits per heavy atom. The maximum absolute atomic E-state index is 5.62. The Hall–Kier alpha value is -0.510. The SMILES string of the molecule is CSC1COC(c2ccccc2)OC1. The summed E-state index contributed by atoms with van der Waals surface area (Å²) < 4.78 is 11.2. The Morgan fingerprint density at radius 1 is 1.14 bits per heavy atom. The van der Waals surface area contributed by atoms with Crippen LogP contribution in [0.1, 0.15) is 11.9 Å². The van der Waals surface area contributed by atoms with Crippen molar-refractivity contribution in [2.75, 3.05) is 19.5 Å². The third-order valence-corrected chi connectivity index (χ3v) is 3.21. The highest BCUT2D eigenvalue weighted by Crippen LogP contribution is 2.25. The highest BCUT2D eigenvalue weighted by molar-refractivity contribution is 7.99. The minimum atomic E-state index is -0.167. The Bertz CT molecular complexity index is 268. The summed E-state index contributed by atoms with van der Waals surface area (Å²) in [7, 11) is 0. The van der Waals surface area contributed by atoms with Gasteiger partial charge in [-0.3, -0.25) is 0 Å². The summed E-state index contributed by atoms with van der Waals surface area (Å²) in [6.45, 7) is 1.56. The molecule has 0 aliphatic carbocycles. The molecule has 14 heavy (non-hydrogen) atoms. The molecule has 1 aromatic carbocycles. The predicted molar refractivity (Wildman–Crippen MR) is 58.4 cm³/mol. The van der Waals surface area contributed by atoms with Crippen LogP contribution in [0, 0.1) is 0 Å². The van der Waals surface area contributed by atoms with Crippen molar-refractivity contribution < 1.29 is 9.47 Å². The molecule has 1 fully saturated rings. The Kier molecular flexibility index (Phi) is 3.45. The van der Waals surface area contributed by atoms with Crippen molar-refractivity contribution in [3.05, 3.63) is 35.9 Å². The van der Waals surface area contributed by atoms with Gasteiger partial charge in [0.15, 0.2) is 6.29 Å². The summed E-state index contributed by atoms with van der Waals surface area (Å²) >= 11 is 1.79. The Balaban J connectivity index is 1.96. The first kappa shape index (κ1) is 10.0. The normalized spacial score (nSPS) is 27.5. The van der Waals surface area contributed by atoms with E-state index in [4.69, 9.17) is 9.47 Å². The van der Waals surface area contributed by atoms with Crippen LogP contribution in [-0.4, -0.2) is 24.7 Å². The molecule has 2 nitrogen and oxygen atoms in total. The van der Waals surface area contributed by atoms with E-state index in [1.807, 2.05) is 30.3 Å². The number of rotatable bonds is 2. The lowest BCUT2D eigenvalue weighted by Gasteiger charge is -2.28. The molecule has 76 valence electrons. The molecule has 0 N–H and O–H groups in total. The molecule has 0 spiro atoms. The van der Waals surface area contributed by atoms with Crippen molar-refractivity contribution >= 4 is 11.8 Å². The maximum atomic E-state index is 5.62. The van der Waals surface area contributed by atoms with Gasteiger partial charge in [-0.15, -0.1) is 0 Å². The van der Waals surface area contributed by atoms with E-state index in [9.17, 15) is 0 Å². The van der Waals surface area contributed by atoms with E-state index >= 15 is 0 Å². The molecule has 0 unspecified atom stereocenters. The topological polar surface area (TPSA) is 18.5 Å². The maximum Gasteiger partial charge on any atom is 0.183 e. The Morgan fingerprint density at radius 3 is 2.36 bits per heavy atom. The molecule has 3 heteroatoms. The molecule has 1 saturated heterocycles. The van der Waals surface area contributed by atoms with Gasteiger partial charge in [0.2, 0.25) is 0 Å². The van der Waals surface area contributed by atoms with E-state index in [-0.39, 0.29) is 6.29 Å². The summed E-state index contributed by atoms with van der Waals surface area (Å²) in [5.41, 5.74) is 1.10. The molecule has 0 amide bonds. The van der Waals surface area contributed by atoms with Crippen LogP contribution in [-0.2, 0) is 9.47 Å². The molecular weight excluding hydrogens is 196 g/mol. The van der Waals surface area contributed by atoms with Crippen molar-refractivity contribution in [2.24, 2.45) is 0 Å². The minimum Gasteiger partial charge on any atom is -0.347 e. The van der Waals surface area contributed by atoms with Crippen LogP contribution in [0.25, 0.3) is 0 Å². The summed E-state index contributed by atoms with van der Waals surface area (Å²) in [4.78, 5) is 0. The Labute approximate surface area is 88.6 Å². The molecule has 0 saturated carbocycles. The monoisotopic (exact) mass is 210 g/mol. The number of benzene rings is 1. The van der Waals surface area contributed by atoms with Crippen molar-refractivity contribution in [1.29, 1.82) is 0 Å². The van der Waals surface area contributed by atoms with E-state index in [1.165, 1.54) is 0 Å². The lowest BCUT2D eigenvalue weighted by molar-refractivity contribution is -0.179. The van der Waals surface area contributed by atoms with Crippen LogP contribution in [0.4, 0.5) is 0 Å². The third kappa shape index (κ3) is 2.29. The fourth-order valence-electron chi connectivity index (χ4n) is 1.42. The fourth-order valence-corrected chi connectivity index (χ4v) is 1.85. The lowest BCUT2D eigenvalue weighted by atomic mass is 10.2. The summed E-state index contributed by atoms with van der Waals surface area (Å²) in [6, 6.07) is 10.1. The van der Waals surface area contributed by atoms with Gasteiger partial charge >= 0.3 is 0 Å². The highest BCUT2D eigenvalue weighted by atomic mass is 32.2. The molecule has 0 atom stereocenters. The molecule has 1 heterocycles. The molecule has 2 rings (SSSR count). The first-order chi connectivity index (χ1) is 6.90. The minimum absolute atomic E-state index is 0.167. The van der Waals surface area contributed by atoms with Crippen molar-refractivity contribution in [3.8, 4) is 0 Å². The van der Waals surface area contributed by atoms with Gasteiger partial charge in [-0.25, -0.2) is 0 Å². The predicted octanol–water partition coefficient (Wildman–Crippen LogP) is 2.46. The van der Waals surface area contributed by atoms with Gasteiger partial charge in [-0.2, -0.15) is 11.8 Å². The smallest absolute Gasteiger partial charge is 0.183 e. The second-order valence-corrected chi connectivity index (χ2v) is 4.41. The quantitative estimate of drug-likeness (QED) is 0.747. The molecule has 1 aromatic rings. The van der Waals surface area contributed by atoms with Gasteiger partial charge in [0, 0.05) is 5.56 Å². The first-order valence-corrected chi connectivity index (χ1v) is 6.00. The lowest BCUT2D eigenvalue weighted by Crippen LogP contribution is -2.28. The number of hydrogen-bond donors (Lipinski definition) is 0. The highest BCUT2D eigenvalue weighted by Gasteiger charge is 2.22. The molecular formula is C11H14O2S. The second-order valence-electron chi connectivity index (χ2n) is 3.27. The van der Waals surface area contributed by atoms with Crippen molar-refractivity contribution in [2.45, 2.75) is 11.5 Å². The molecule has 1 aliphatic heterocycles. The van der Waals surface area contributed by atoms with Gasteiger partial charge in [0.1, 0.15) is 0 Å². The van der Waals surface area contributed by atoms with Crippen LogP contribution in [0.5, 0.6) is 0 Å². The van der Waals surface area contributed by atoms with E-state index in [0.717, 1.165) is 18.8 Å². The molecule has 0 aromatic heterocycles. The molecule has 0 radical (unpaired) electrons. The van der Waals surface area contributed by atoms with Crippen LogP contribution in [0.2, 0.25) is 0 Å². The van der Waals surface area contributed by atoms with Crippen molar-refractivity contribution in [1.82, 2.24) is 0 Å². The van der Waals surface area contributed by atoms with Crippen LogP contribution in [0.15, 0.2) is 30.3 Å². The molecule has 1 aliphatic rings. The number of thioether (sulfide) groups is 1. The van der Waals surface area contributed by atoms with E-state index < -0.39 is 0 Å². The zero-order valence-corrected chi connectivity index (χ0v) is 9.00. The van der Waals surface area contributed by atoms with E-state index in [1.54, 1.807) is 11.8 Å². The number of hydrogen-bond acceptors (Lipinski definition) is 3. The fraction of sp³-hybridized carbons (Fsp3) is 0.455. The van der Waals surface area contributed by atoms with Gasteiger partial charge in [-0.1, -0.05) is 30.3 Å². The largest absolute Gasteiger partial charge is 0.347 e. The van der Waals surface area contributed by atoms with Gasteiger partial charge in [0.25, 0.3) is 0 Å². The zero-order valence-electron chi connectivity index (χ0n) is 8.18. The van der Waals surface area contributed by atoms with Crippen LogP contribution in [0.3, 0.4) is 0 Å². The second kappa shape index (κ2) is 4.82. The first-order valence-electron chi connectivity index (χ1n) is 4.71. The van der Waals surface area contributed by atoms with Gasteiger partial charge in [0.05, 0.1) is 18.5 Å². The van der Waals surface area contributed by atoms with E-state index in [0.29, 0.717) is 5.25 Å². The average molecular weight is 210 g/mol. The van der Waals surface area contributed by atoms with E-state index in [2.05, 4.69) is 6.26 Å². The summed E-state index contributed by atoms with van der Waals surface area (Å²) in [6.07, 6.45) is 1.92.